The van der Waals surface area contributed by atoms with Crippen molar-refractivity contribution in [3.8, 4) is 5.75 Å². The molecule has 0 radical (unpaired) electrons. The topological polar surface area (TPSA) is 30.5 Å². The molecule has 0 aliphatic rings. The number of hydrogen-bond acceptors (Lipinski definition) is 3. The zero-order chi connectivity index (χ0) is 11.1. The molecule has 1 aromatic rings. The van der Waals surface area contributed by atoms with Gasteiger partial charge in [0.1, 0.15) is 5.75 Å². The lowest BCUT2D eigenvalue weighted by atomic mass is 10.1. The van der Waals surface area contributed by atoms with Crippen LogP contribution >= 0.6 is 0 Å². The first kappa shape index (κ1) is 12.0. The summed E-state index contributed by atoms with van der Waals surface area (Å²) in [5.74, 6) is 0.882. The lowest BCUT2D eigenvalue weighted by Crippen LogP contribution is -2.18. The minimum Gasteiger partial charge on any atom is -0.467 e. The molecule has 0 saturated heterocycles. The van der Waals surface area contributed by atoms with Crippen molar-refractivity contribution in [2.75, 3.05) is 20.4 Å². The molecule has 0 fully saturated rings. The van der Waals surface area contributed by atoms with Crippen LogP contribution in [0.5, 0.6) is 5.75 Å². The summed E-state index contributed by atoms with van der Waals surface area (Å²) in [5.41, 5.74) is 1.16. The summed E-state index contributed by atoms with van der Waals surface area (Å²) in [6, 6.07) is 8.30. The number of rotatable bonds is 6. The van der Waals surface area contributed by atoms with Crippen LogP contribution in [0.2, 0.25) is 0 Å². The van der Waals surface area contributed by atoms with Crippen molar-refractivity contribution in [1.82, 2.24) is 5.32 Å². The van der Waals surface area contributed by atoms with E-state index in [-0.39, 0.29) is 6.79 Å². The molecule has 1 aromatic carbocycles. The third-order valence-electron chi connectivity index (χ3n) is 2.23. The third kappa shape index (κ3) is 3.53. The maximum atomic E-state index is 5.49. The fourth-order valence-electron chi connectivity index (χ4n) is 1.51. The fourth-order valence-corrected chi connectivity index (χ4v) is 1.51. The minimum atomic E-state index is 0.288. The van der Waals surface area contributed by atoms with Gasteiger partial charge >= 0.3 is 0 Å². The highest BCUT2D eigenvalue weighted by molar-refractivity contribution is 5.35. The van der Waals surface area contributed by atoms with Gasteiger partial charge in [-0.3, -0.25) is 0 Å². The van der Waals surface area contributed by atoms with E-state index in [1.54, 1.807) is 7.11 Å². The maximum absolute atomic E-state index is 5.49. The van der Waals surface area contributed by atoms with Crippen LogP contribution in [0.15, 0.2) is 24.3 Å². The van der Waals surface area contributed by atoms with Gasteiger partial charge in [0.25, 0.3) is 0 Å². The van der Waals surface area contributed by atoms with E-state index in [0.29, 0.717) is 6.04 Å². The molecule has 1 atom stereocenters. The summed E-state index contributed by atoms with van der Waals surface area (Å²) in [7, 11) is 1.62. The summed E-state index contributed by atoms with van der Waals surface area (Å²) < 4.78 is 10.4. The SMILES string of the molecule is CCNC(C)c1ccccc1OCOC. The normalized spacial score (nSPS) is 12.5. The molecule has 0 aromatic heterocycles. The molecular formula is C12H19NO2. The molecular weight excluding hydrogens is 190 g/mol. The third-order valence-corrected chi connectivity index (χ3v) is 2.23. The number of methoxy groups -OCH3 is 1. The van der Waals surface area contributed by atoms with Crippen LogP contribution in [0.1, 0.15) is 25.5 Å². The molecule has 84 valence electrons. The molecule has 3 nitrogen and oxygen atoms in total. The van der Waals surface area contributed by atoms with Crippen LogP contribution in [-0.2, 0) is 4.74 Å². The van der Waals surface area contributed by atoms with Gasteiger partial charge < -0.3 is 14.8 Å². The lowest BCUT2D eigenvalue weighted by Gasteiger charge is -2.17. The van der Waals surface area contributed by atoms with E-state index in [2.05, 4.69) is 25.2 Å². The monoisotopic (exact) mass is 209 g/mol. The quantitative estimate of drug-likeness (QED) is 0.729. The number of hydrogen-bond donors (Lipinski definition) is 1. The van der Waals surface area contributed by atoms with Gasteiger partial charge in [-0.2, -0.15) is 0 Å². The van der Waals surface area contributed by atoms with E-state index in [9.17, 15) is 0 Å². The van der Waals surface area contributed by atoms with Gasteiger partial charge in [0.15, 0.2) is 6.79 Å². The summed E-state index contributed by atoms with van der Waals surface area (Å²) in [4.78, 5) is 0. The van der Waals surface area contributed by atoms with Gasteiger partial charge in [0.05, 0.1) is 0 Å². The van der Waals surface area contributed by atoms with Gasteiger partial charge in [-0.1, -0.05) is 25.1 Å². The van der Waals surface area contributed by atoms with Gasteiger partial charge in [0, 0.05) is 18.7 Å². The molecule has 0 spiro atoms. The van der Waals surface area contributed by atoms with E-state index in [1.807, 2.05) is 18.2 Å². The van der Waals surface area contributed by atoms with Crippen molar-refractivity contribution in [2.45, 2.75) is 19.9 Å². The molecule has 3 heteroatoms. The molecule has 0 bridgehead atoms. The summed E-state index contributed by atoms with van der Waals surface area (Å²) in [6.45, 7) is 5.45. The molecule has 1 unspecified atom stereocenters. The average Bonchev–Trinajstić information content (AvgIpc) is 2.27. The zero-order valence-electron chi connectivity index (χ0n) is 9.62. The number of benzene rings is 1. The maximum Gasteiger partial charge on any atom is 0.188 e. The first-order chi connectivity index (χ1) is 7.29. The predicted octanol–water partition coefficient (Wildman–Crippen LogP) is 2.34. The van der Waals surface area contributed by atoms with E-state index in [1.165, 1.54) is 0 Å². The highest BCUT2D eigenvalue weighted by Crippen LogP contribution is 2.24. The molecule has 0 aliphatic carbocycles. The van der Waals surface area contributed by atoms with Crippen molar-refractivity contribution in [3.05, 3.63) is 29.8 Å². The first-order valence-corrected chi connectivity index (χ1v) is 5.23. The highest BCUT2D eigenvalue weighted by Gasteiger charge is 2.09. The Labute approximate surface area is 91.4 Å². The standard InChI is InChI=1S/C12H19NO2/c1-4-13-10(2)11-7-5-6-8-12(11)15-9-14-3/h5-8,10,13H,4,9H2,1-3H3. The number of para-hydroxylation sites is 1. The Morgan fingerprint density at radius 1 is 1.33 bits per heavy atom. The minimum absolute atomic E-state index is 0.288. The molecule has 0 aliphatic heterocycles. The van der Waals surface area contributed by atoms with Crippen molar-refractivity contribution in [3.63, 3.8) is 0 Å². The molecule has 15 heavy (non-hydrogen) atoms. The molecule has 0 heterocycles. The summed E-state index contributed by atoms with van der Waals surface area (Å²) in [6.07, 6.45) is 0. The second kappa shape index (κ2) is 6.43. The summed E-state index contributed by atoms with van der Waals surface area (Å²) in [5, 5.41) is 3.36. The van der Waals surface area contributed by atoms with Gasteiger partial charge in [-0.15, -0.1) is 0 Å². The van der Waals surface area contributed by atoms with E-state index < -0.39 is 0 Å². The second-order valence-corrected chi connectivity index (χ2v) is 3.37. The Balaban J connectivity index is 2.75. The van der Waals surface area contributed by atoms with Crippen molar-refractivity contribution < 1.29 is 9.47 Å². The smallest absolute Gasteiger partial charge is 0.188 e. The molecule has 0 amide bonds. The molecule has 0 saturated carbocycles. The van der Waals surface area contributed by atoms with Crippen LogP contribution in [0.25, 0.3) is 0 Å². The van der Waals surface area contributed by atoms with Gasteiger partial charge in [-0.05, 0) is 19.5 Å². The number of nitrogens with one attached hydrogen (secondary N) is 1. The lowest BCUT2D eigenvalue weighted by molar-refractivity contribution is 0.0501. The zero-order valence-corrected chi connectivity index (χ0v) is 9.62. The largest absolute Gasteiger partial charge is 0.467 e. The van der Waals surface area contributed by atoms with Crippen molar-refractivity contribution >= 4 is 0 Å². The number of ether oxygens (including phenoxy) is 2. The van der Waals surface area contributed by atoms with E-state index in [0.717, 1.165) is 17.9 Å². The fraction of sp³-hybridized carbons (Fsp3) is 0.500. The average molecular weight is 209 g/mol. The Kier molecular flexibility index (Phi) is 5.15. The summed E-state index contributed by atoms with van der Waals surface area (Å²) >= 11 is 0. The van der Waals surface area contributed by atoms with Gasteiger partial charge in [0.2, 0.25) is 0 Å². The highest BCUT2D eigenvalue weighted by atomic mass is 16.7. The Morgan fingerprint density at radius 2 is 2.07 bits per heavy atom. The van der Waals surface area contributed by atoms with E-state index in [4.69, 9.17) is 9.47 Å². The van der Waals surface area contributed by atoms with Crippen molar-refractivity contribution in [2.24, 2.45) is 0 Å². The molecule has 1 rings (SSSR count). The Bertz CT molecular complexity index is 289. The van der Waals surface area contributed by atoms with Crippen LogP contribution < -0.4 is 10.1 Å². The van der Waals surface area contributed by atoms with Gasteiger partial charge in [-0.25, -0.2) is 0 Å². The van der Waals surface area contributed by atoms with Crippen LogP contribution in [0, 0.1) is 0 Å². The predicted molar refractivity (Wildman–Crippen MR) is 61.0 cm³/mol. The van der Waals surface area contributed by atoms with Crippen LogP contribution in [0.3, 0.4) is 0 Å². The molecule has 1 N–H and O–H groups in total. The van der Waals surface area contributed by atoms with Crippen molar-refractivity contribution in [1.29, 1.82) is 0 Å². The van der Waals surface area contributed by atoms with E-state index >= 15 is 0 Å². The Hall–Kier alpha value is -1.06. The second-order valence-electron chi connectivity index (χ2n) is 3.37. The van der Waals surface area contributed by atoms with Crippen LogP contribution in [0.4, 0.5) is 0 Å². The Morgan fingerprint density at radius 3 is 2.73 bits per heavy atom. The first-order valence-electron chi connectivity index (χ1n) is 5.23. The van der Waals surface area contributed by atoms with Crippen LogP contribution in [-0.4, -0.2) is 20.4 Å².